The van der Waals surface area contributed by atoms with Crippen molar-refractivity contribution in [2.75, 3.05) is 12.4 Å². The minimum atomic E-state index is 0.288. The van der Waals surface area contributed by atoms with Gasteiger partial charge in [0.05, 0.1) is 18.0 Å². The zero-order valence-electron chi connectivity index (χ0n) is 7.95. The fourth-order valence-electron chi connectivity index (χ4n) is 1.12. The van der Waals surface area contributed by atoms with E-state index in [4.69, 9.17) is 10.00 Å². The highest BCUT2D eigenvalue weighted by Crippen LogP contribution is 2.29. The molecule has 4 nitrogen and oxygen atoms in total. The van der Waals surface area contributed by atoms with Gasteiger partial charge in [-0.25, -0.2) is 4.98 Å². The Bertz CT molecular complexity index is 379. The van der Waals surface area contributed by atoms with Gasteiger partial charge >= 0.3 is 0 Å². The molecule has 0 radical (unpaired) electrons. The second-order valence-corrected chi connectivity index (χ2v) is 3.25. The molecule has 1 N–H and O–H groups in total. The van der Waals surface area contributed by atoms with E-state index in [-0.39, 0.29) is 6.10 Å². The molecule has 14 heavy (non-hydrogen) atoms. The molecule has 1 fully saturated rings. The number of pyridine rings is 1. The lowest BCUT2D eigenvalue weighted by molar-refractivity contribution is 0.301. The Hall–Kier alpha value is -1.76. The van der Waals surface area contributed by atoms with Crippen LogP contribution in [-0.2, 0) is 0 Å². The summed E-state index contributed by atoms with van der Waals surface area (Å²) in [4.78, 5) is 4.00. The number of ether oxygens (including phenoxy) is 1. The number of nitrogens with zero attached hydrogens (tertiary/aromatic N) is 2. The van der Waals surface area contributed by atoms with Crippen LogP contribution in [-0.4, -0.2) is 18.1 Å². The molecule has 1 aliphatic rings. The normalized spacial score (nSPS) is 14.6. The predicted molar refractivity (Wildman–Crippen MR) is 52.1 cm³/mol. The first kappa shape index (κ1) is 8.82. The molecule has 0 amide bonds. The highest BCUT2D eigenvalue weighted by molar-refractivity contribution is 5.50. The minimum Gasteiger partial charge on any atom is -0.487 e. The first-order valence-electron chi connectivity index (χ1n) is 4.58. The van der Waals surface area contributed by atoms with Gasteiger partial charge in [0.1, 0.15) is 6.07 Å². The van der Waals surface area contributed by atoms with Crippen LogP contribution in [0.3, 0.4) is 0 Å². The predicted octanol–water partition coefficient (Wildman–Crippen LogP) is 1.54. The molecule has 1 aromatic heterocycles. The largest absolute Gasteiger partial charge is 0.487 e. The molecular weight excluding hydrogens is 178 g/mol. The lowest BCUT2D eigenvalue weighted by Crippen LogP contribution is -2.01. The van der Waals surface area contributed by atoms with E-state index in [1.54, 1.807) is 6.20 Å². The maximum Gasteiger partial charge on any atom is 0.182 e. The van der Waals surface area contributed by atoms with Crippen molar-refractivity contribution in [2.24, 2.45) is 0 Å². The van der Waals surface area contributed by atoms with Crippen molar-refractivity contribution in [1.82, 2.24) is 4.98 Å². The molecule has 0 aromatic carbocycles. The molecule has 0 bridgehead atoms. The maximum atomic E-state index is 8.80. The van der Waals surface area contributed by atoms with Crippen molar-refractivity contribution in [2.45, 2.75) is 18.9 Å². The molecule has 0 spiro atoms. The van der Waals surface area contributed by atoms with E-state index in [1.165, 1.54) is 0 Å². The van der Waals surface area contributed by atoms with Gasteiger partial charge in [-0.15, -0.1) is 0 Å². The van der Waals surface area contributed by atoms with Crippen LogP contribution in [0.25, 0.3) is 0 Å². The second kappa shape index (κ2) is 3.54. The Morgan fingerprint density at radius 3 is 3.00 bits per heavy atom. The smallest absolute Gasteiger partial charge is 0.182 e. The summed E-state index contributed by atoms with van der Waals surface area (Å²) in [5.74, 6) is 0.585. The van der Waals surface area contributed by atoms with E-state index in [1.807, 2.05) is 19.2 Å². The first-order chi connectivity index (χ1) is 6.83. The minimum absolute atomic E-state index is 0.288. The number of hydrogen-bond acceptors (Lipinski definition) is 4. The summed E-state index contributed by atoms with van der Waals surface area (Å²) in [5, 5.41) is 11.8. The van der Waals surface area contributed by atoms with Gasteiger partial charge < -0.3 is 10.1 Å². The van der Waals surface area contributed by atoms with Crippen LogP contribution in [0.4, 0.5) is 5.69 Å². The molecule has 0 aliphatic heterocycles. The van der Waals surface area contributed by atoms with Crippen molar-refractivity contribution in [1.29, 1.82) is 5.26 Å². The molecule has 1 heterocycles. The monoisotopic (exact) mass is 189 g/mol. The summed E-state index contributed by atoms with van der Waals surface area (Å²) in [6.07, 6.45) is 4.07. The fraction of sp³-hybridized carbons (Fsp3) is 0.400. The Balaban J connectivity index is 2.27. The fourth-order valence-corrected chi connectivity index (χ4v) is 1.12. The molecule has 1 saturated carbocycles. The van der Waals surface area contributed by atoms with Gasteiger partial charge in [-0.05, 0) is 12.8 Å². The van der Waals surface area contributed by atoms with Gasteiger partial charge in [0.2, 0.25) is 0 Å². The van der Waals surface area contributed by atoms with Crippen LogP contribution >= 0.6 is 0 Å². The van der Waals surface area contributed by atoms with Crippen molar-refractivity contribution in [3.05, 3.63) is 18.0 Å². The summed E-state index contributed by atoms with van der Waals surface area (Å²) in [5.41, 5.74) is 1.22. The quantitative estimate of drug-likeness (QED) is 0.783. The van der Waals surface area contributed by atoms with Crippen LogP contribution in [0.15, 0.2) is 12.3 Å². The molecule has 4 heteroatoms. The number of anilines is 1. The summed E-state index contributed by atoms with van der Waals surface area (Å²) < 4.78 is 5.56. The average Bonchev–Trinajstić information content (AvgIpc) is 3.01. The van der Waals surface area contributed by atoms with Crippen LogP contribution in [0, 0.1) is 11.3 Å². The molecule has 1 aliphatic carbocycles. The number of nitriles is 1. The van der Waals surface area contributed by atoms with Gasteiger partial charge in [0, 0.05) is 13.1 Å². The van der Waals surface area contributed by atoms with Gasteiger partial charge in [0.25, 0.3) is 0 Å². The third-order valence-corrected chi connectivity index (χ3v) is 2.07. The van der Waals surface area contributed by atoms with Crippen LogP contribution < -0.4 is 10.1 Å². The van der Waals surface area contributed by atoms with Crippen molar-refractivity contribution in [3.8, 4) is 11.8 Å². The summed E-state index contributed by atoms with van der Waals surface area (Å²) >= 11 is 0. The summed E-state index contributed by atoms with van der Waals surface area (Å²) in [6, 6.07) is 3.83. The lowest BCUT2D eigenvalue weighted by atomic mass is 10.3. The second-order valence-electron chi connectivity index (χ2n) is 3.25. The number of nitrogens with one attached hydrogen (secondary N) is 1. The van der Waals surface area contributed by atoms with Gasteiger partial charge in [-0.2, -0.15) is 5.26 Å². The molecule has 72 valence electrons. The van der Waals surface area contributed by atoms with Crippen molar-refractivity contribution >= 4 is 5.69 Å². The van der Waals surface area contributed by atoms with Gasteiger partial charge in [-0.1, -0.05) is 0 Å². The molecular formula is C10H11N3O. The van der Waals surface area contributed by atoms with E-state index in [0.717, 1.165) is 18.5 Å². The third-order valence-electron chi connectivity index (χ3n) is 2.07. The highest BCUT2D eigenvalue weighted by atomic mass is 16.5. The van der Waals surface area contributed by atoms with E-state index in [2.05, 4.69) is 10.3 Å². The lowest BCUT2D eigenvalue weighted by Gasteiger charge is -2.07. The van der Waals surface area contributed by atoms with E-state index >= 15 is 0 Å². The van der Waals surface area contributed by atoms with Gasteiger partial charge in [0.15, 0.2) is 11.4 Å². The third kappa shape index (κ3) is 1.77. The van der Waals surface area contributed by atoms with Gasteiger partial charge in [-0.3, -0.25) is 0 Å². The van der Waals surface area contributed by atoms with Crippen molar-refractivity contribution in [3.63, 3.8) is 0 Å². The Morgan fingerprint density at radius 2 is 2.43 bits per heavy atom. The number of hydrogen-bond donors (Lipinski definition) is 1. The van der Waals surface area contributed by atoms with Crippen LogP contribution in [0.1, 0.15) is 18.5 Å². The highest BCUT2D eigenvalue weighted by Gasteiger charge is 2.25. The number of rotatable bonds is 3. The van der Waals surface area contributed by atoms with E-state index < -0.39 is 0 Å². The molecule has 1 aromatic rings. The average molecular weight is 189 g/mol. The zero-order valence-corrected chi connectivity index (χ0v) is 7.95. The Labute approximate surface area is 82.5 Å². The molecule has 0 saturated heterocycles. The molecule has 0 unspecified atom stereocenters. The Kier molecular flexibility index (Phi) is 2.23. The van der Waals surface area contributed by atoms with Crippen molar-refractivity contribution < 1.29 is 4.74 Å². The standard InChI is InChI=1S/C10H11N3O/c1-12-7-4-10(14-8-2-3-8)9(5-11)13-6-7/h4,6,8,12H,2-3H2,1H3. The zero-order chi connectivity index (χ0) is 9.97. The van der Waals surface area contributed by atoms with Crippen LogP contribution in [0.5, 0.6) is 5.75 Å². The van der Waals surface area contributed by atoms with Crippen LogP contribution in [0.2, 0.25) is 0 Å². The maximum absolute atomic E-state index is 8.80. The topological polar surface area (TPSA) is 57.9 Å². The SMILES string of the molecule is CNc1cnc(C#N)c(OC2CC2)c1. The molecule has 2 rings (SSSR count). The number of aromatic nitrogens is 1. The summed E-state index contributed by atoms with van der Waals surface area (Å²) in [6.45, 7) is 0. The summed E-state index contributed by atoms with van der Waals surface area (Å²) in [7, 11) is 1.81. The van der Waals surface area contributed by atoms with E-state index in [0.29, 0.717) is 11.4 Å². The first-order valence-corrected chi connectivity index (χ1v) is 4.58. The molecule has 0 atom stereocenters. The Morgan fingerprint density at radius 1 is 1.64 bits per heavy atom. The van der Waals surface area contributed by atoms with E-state index in [9.17, 15) is 0 Å².